The number of methoxy groups -OCH3 is 1. The molecule has 0 spiro atoms. The zero-order chi connectivity index (χ0) is 19.7. The molecule has 0 unspecified atom stereocenters. The minimum absolute atomic E-state index is 0.0440. The number of carbonyl (C=O) groups excluding carboxylic acids is 2. The molecule has 0 atom stereocenters. The fourth-order valence-corrected chi connectivity index (χ4v) is 2.43. The lowest BCUT2D eigenvalue weighted by molar-refractivity contribution is 0.0997. The Labute approximate surface area is 150 Å². The van der Waals surface area contributed by atoms with E-state index < -0.39 is 29.1 Å². The van der Waals surface area contributed by atoms with E-state index in [0.717, 1.165) is 13.2 Å². The van der Waals surface area contributed by atoms with Gasteiger partial charge < -0.3 is 24.7 Å². The Balaban J connectivity index is 2.23. The molecule has 3 N–H and O–H groups in total. The van der Waals surface area contributed by atoms with Gasteiger partial charge in [0.05, 0.1) is 23.7 Å². The first-order valence-corrected chi connectivity index (χ1v) is 7.41. The van der Waals surface area contributed by atoms with Gasteiger partial charge >= 0.3 is 11.9 Å². The summed E-state index contributed by atoms with van der Waals surface area (Å²) in [6.07, 6.45) is -1.05. The van der Waals surface area contributed by atoms with Crippen molar-refractivity contribution in [3.05, 3.63) is 62.9 Å². The molecule has 10 nitrogen and oxygen atoms in total. The van der Waals surface area contributed by atoms with Gasteiger partial charge in [0.25, 0.3) is 11.5 Å². The predicted molar refractivity (Wildman–Crippen MR) is 91.3 cm³/mol. The zero-order valence-corrected chi connectivity index (χ0v) is 13.8. The highest BCUT2D eigenvalue weighted by Crippen LogP contribution is 2.24. The number of aromatic nitrogens is 1. The van der Waals surface area contributed by atoms with Crippen molar-refractivity contribution in [2.45, 2.75) is 0 Å². The van der Waals surface area contributed by atoms with Gasteiger partial charge in [-0.15, -0.1) is 0 Å². The van der Waals surface area contributed by atoms with Crippen LogP contribution in [0.5, 0.6) is 11.5 Å². The number of fused-ring (bicyclic) bond motifs is 1. The first-order valence-electron chi connectivity index (χ1n) is 7.41. The average molecular weight is 372 g/mol. The molecule has 0 aliphatic heterocycles. The van der Waals surface area contributed by atoms with Crippen LogP contribution in [-0.4, -0.2) is 28.8 Å². The van der Waals surface area contributed by atoms with E-state index in [4.69, 9.17) is 14.9 Å². The van der Waals surface area contributed by atoms with Crippen LogP contribution in [-0.2, 0) is 4.74 Å². The maximum atomic E-state index is 12.7. The van der Waals surface area contributed by atoms with Crippen molar-refractivity contribution >= 4 is 23.0 Å². The molecule has 1 aromatic heterocycles. The highest BCUT2D eigenvalue weighted by Gasteiger charge is 2.18. The molecule has 3 aromatic rings. The summed E-state index contributed by atoms with van der Waals surface area (Å²) >= 11 is 0. The first kappa shape index (κ1) is 17.7. The monoisotopic (exact) mass is 372 g/mol. The Bertz CT molecular complexity index is 1190. The van der Waals surface area contributed by atoms with Crippen molar-refractivity contribution in [3.63, 3.8) is 0 Å². The van der Waals surface area contributed by atoms with E-state index in [0.29, 0.717) is 4.57 Å². The van der Waals surface area contributed by atoms with Crippen LogP contribution in [0, 0.1) is 0 Å². The Hall–Kier alpha value is -4.08. The average Bonchev–Trinajstić information content (AvgIpc) is 2.62. The maximum absolute atomic E-state index is 12.7. The molecule has 0 fully saturated rings. The summed E-state index contributed by atoms with van der Waals surface area (Å²) in [5, 5.41) is 9.81. The number of carbonyl (C=O) groups is 2. The van der Waals surface area contributed by atoms with Crippen molar-refractivity contribution in [1.82, 2.24) is 4.57 Å². The number of phenols is 1. The van der Waals surface area contributed by atoms with E-state index in [1.54, 1.807) is 0 Å². The lowest BCUT2D eigenvalue weighted by Gasteiger charge is -2.09. The number of nitrogens with zero attached hydrogens (tertiary/aromatic N) is 1. The molecule has 138 valence electrons. The SMILES string of the molecule is COC(=O)Oc1cccc2c(=O)n(-c3ccc(C(N)=O)c(O)c3)c(=O)oc12. The van der Waals surface area contributed by atoms with Crippen LogP contribution in [0.3, 0.4) is 0 Å². The highest BCUT2D eigenvalue weighted by molar-refractivity contribution is 5.95. The van der Waals surface area contributed by atoms with Crippen LogP contribution in [0.15, 0.2) is 50.4 Å². The van der Waals surface area contributed by atoms with Gasteiger partial charge in [0, 0.05) is 6.07 Å². The first-order chi connectivity index (χ1) is 12.8. The molecule has 0 aliphatic carbocycles. The van der Waals surface area contributed by atoms with E-state index >= 15 is 0 Å². The molecule has 3 rings (SSSR count). The Morgan fingerprint density at radius 3 is 2.56 bits per heavy atom. The van der Waals surface area contributed by atoms with E-state index in [9.17, 15) is 24.3 Å². The molecular weight excluding hydrogens is 360 g/mol. The topological polar surface area (TPSA) is 151 Å². The van der Waals surface area contributed by atoms with E-state index in [1.807, 2.05) is 0 Å². The minimum Gasteiger partial charge on any atom is -0.507 e. The minimum atomic E-state index is -1.10. The molecule has 0 radical (unpaired) electrons. The van der Waals surface area contributed by atoms with E-state index in [2.05, 4.69) is 4.74 Å². The summed E-state index contributed by atoms with van der Waals surface area (Å²) in [4.78, 5) is 47.6. The number of hydrogen-bond acceptors (Lipinski definition) is 8. The van der Waals surface area contributed by atoms with Gasteiger partial charge in [-0.3, -0.25) is 9.59 Å². The van der Waals surface area contributed by atoms with Crippen molar-refractivity contribution in [1.29, 1.82) is 0 Å². The number of primary amides is 1. The van der Waals surface area contributed by atoms with E-state index in [1.165, 1.54) is 30.3 Å². The Morgan fingerprint density at radius 1 is 1.19 bits per heavy atom. The van der Waals surface area contributed by atoms with Crippen molar-refractivity contribution in [3.8, 4) is 17.2 Å². The van der Waals surface area contributed by atoms with Crippen molar-refractivity contribution in [2.24, 2.45) is 5.73 Å². The normalized spacial score (nSPS) is 10.6. The van der Waals surface area contributed by atoms with Crippen molar-refractivity contribution in [2.75, 3.05) is 7.11 Å². The molecule has 2 aromatic carbocycles. The third-order valence-electron chi connectivity index (χ3n) is 3.65. The summed E-state index contributed by atoms with van der Waals surface area (Å²) in [5.41, 5.74) is 3.85. The molecule has 10 heteroatoms. The number of ether oxygens (including phenoxy) is 2. The lowest BCUT2D eigenvalue weighted by Crippen LogP contribution is -2.31. The summed E-state index contributed by atoms with van der Waals surface area (Å²) in [7, 11) is 1.10. The van der Waals surface area contributed by atoms with Crippen LogP contribution >= 0.6 is 0 Å². The largest absolute Gasteiger partial charge is 0.513 e. The van der Waals surface area contributed by atoms with Gasteiger partial charge in [-0.2, -0.15) is 0 Å². The number of hydrogen-bond donors (Lipinski definition) is 2. The fourth-order valence-electron chi connectivity index (χ4n) is 2.43. The number of aromatic hydroxyl groups is 1. The second-order valence-electron chi connectivity index (χ2n) is 5.26. The third-order valence-corrected chi connectivity index (χ3v) is 3.65. The molecule has 1 heterocycles. The number of benzene rings is 2. The molecule has 0 bridgehead atoms. The highest BCUT2D eigenvalue weighted by atomic mass is 16.7. The number of rotatable bonds is 3. The summed E-state index contributed by atoms with van der Waals surface area (Å²) in [5.74, 6) is -2.65. The molecular formula is C17H12N2O8. The van der Waals surface area contributed by atoms with Gasteiger partial charge in [-0.05, 0) is 24.3 Å². The van der Waals surface area contributed by atoms with Crippen LogP contribution in [0.4, 0.5) is 4.79 Å². The summed E-state index contributed by atoms with van der Waals surface area (Å²) in [6, 6.07) is 7.54. The second kappa shape index (κ2) is 6.67. The molecule has 0 saturated heterocycles. The summed E-state index contributed by atoms with van der Waals surface area (Å²) < 4.78 is 15.0. The van der Waals surface area contributed by atoms with Crippen LogP contribution < -0.4 is 21.8 Å². The Kier molecular flexibility index (Phi) is 4.38. The quantitative estimate of drug-likeness (QED) is 0.508. The van der Waals surface area contributed by atoms with E-state index in [-0.39, 0.29) is 28.0 Å². The third kappa shape index (κ3) is 3.11. The molecule has 1 amide bonds. The van der Waals surface area contributed by atoms with Gasteiger partial charge in [-0.1, -0.05) is 6.07 Å². The Morgan fingerprint density at radius 2 is 1.93 bits per heavy atom. The zero-order valence-electron chi connectivity index (χ0n) is 13.8. The van der Waals surface area contributed by atoms with Gasteiger partial charge in [-0.25, -0.2) is 14.2 Å². The maximum Gasteiger partial charge on any atom is 0.513 e. The fraction of sp³-hybridized carbons (Fsp3) is 0.0588. The number of nitrogens with two attached hydrogens (primary N) is 1. The molecule has 27 heavy (non-hydrogen) atoms. The number of para-hydroxylation sites is 1. The van der Waals surface area contributed by atoms with Gasteiger partial charge in [0.2, 0.25) is 0 Å². The molecule has 0 saturated carbocycles. The lowest BCUT2D eigenvalue weighted by atomic mass is 10.1. The molecule has 0 aliphatic rings. The van der Waals surface area contributed by atoms with Crippen molar-refractivity contribution < 1.29 is 28.6 Å². The predicted octanol–water partition coefficient (Wildman–Crippen LogP) is 0.894. The second-order valence-corrected chi connectivity index (χ2v) is 5.26. The van der Waals surface area contributed by atoms with Crippen LogP contribution in [0.25, 0.3) is 16.7 Å². The van der Waals surface area contributed by atoms with Gasteiger partial charge in [0.15, 0.2) is 11.3 Å². The number of amides is 1. The standard InChI is InChI=1S/C17H12N2O8/c1-25-17(24)26-12-4-2-3-10-13(12)27-16(23)19(15(10)22)8-5-6-9(14(18)21)11(20)7-8/h2-7,20H,1H3,(H2,18,21). The van der Waals surface area contributed by atoms with Crippen LogP contribution in [0.2, 0.25) is 0 Å². The van der Waals surface area contributed by atoms with Crippen LogP contribution in [0.1, 0.15) is 10.4 Å². The smallest absolute Gasteiger partial charge is 0.507 e. The van der Waals surface area contributed by atoms with Gasteiger partial charge in [0.1, 0.15) is 5.75 Å². The summed E-state index contributed by atoms with van der Waals surface area (Å²) in [6.45, 7) is 0.